The number of thiazole rings is 1. The molecule has 1 atom stereocenters. The van der Waals surface area contributed by atoms with Crippen molar-refractivity contribution < 1.29 is 14.3 Å². The molecule has 0 bridgehead atoms. The Morgan fingerprint density at radius 2 is 2.09 bits per heavy atom. The Bertz CT molecular complexity index is 1300. The molecule has 1 amide bonds. The number of benzene rings is 2. The number of rotatable bonds is 9. The van der Waals surface area contributed by atoms with Crippen LogP contribution in [-0.2, 0) is 17.7 Å². The summed E-state index contributed by atoms with van der Waals surface area (Å²) in [6.45, 7) is 4.38. The van der Waals surface area contributed by atoms with Crippen LogP contribution in [0.4, 0.5) is 0 Å². The topological polar surface area (TPSA) is 64.6 Å². The van der Waals surface area contributed by atoms with Gasteiger partial charge >= 0.3 is 0 Å². The van der Waals surface area contributed by atoms with Gasteiger partial charge in [-0.15, -0.1) is 11.3 Å². The standard InChI is InChI=1S/C28H29N3O3S/c1-20-27(35-19-29-20)13-15-34-23-8-4-6-21(16-23)17-31(18-24-9-5-14-33-24)28(32)26-12-11-22-7-2-3-10-25(22)30-26/h2-4,6-8,10-12,16,19,24H,5,9,13-15,17-18H2,1H3. The molecule has 0 saturated carbocycles. The third-order valence-corrected chi connectivity index (χ3v) is 7.26. The Balaban J connectivity index is 1.31. The van der Waals surface area contributed by atoms with Crippen molar-refractivity contribution in [3.63, 3.8) is 0 Å². The number of pyridine rings is 1. The molecule has 1 aliphatic rings. The molecule has 180 valence electrons. The fraction of sp³-hybridized carbons (Fsp3) is 0.321. The number of nitrogens with zero attached hydrogens (tertiary/aromatic N) is 3. The van der Waals surface area contributed by atoms with E-state index in [-0.39, 0.29) is 12.0 Å². The Morgan fingerprint density at radius 1 is 1.17 bits per heavy atom. The number of carbonyl (C=O) groups excluding carboxylic acids is 1. The Hall–Kier alpha value is -3.29. The van der Waals surface area contributed by atoms with Crippen LogP contribution >= 0.6 is 11.3 Å². The van der Waals surface area contributed by atoms with E-state index >= 15 is 0 Å². The van der Waals surface area contributed by atoms with Crippen LogP contribution in [0.25, 0.3) is 10.9 Å². The Morgan fingerprint density at radius 3 is 2.91 bits per heavy atom. The van der Waals surface area contributed by atoms with Crippen molar-refractivity contribution in [2.45, 2.75) is 38.8 Å². The zero-order chi connectivity index (χ0) is 24.0. The van der Waals surface area contributed by atoms with E-state index in [9.17, 15) is 4.79 Å². The van der Waals surface area contributed by atoms with Gasteiger partial charge in [-0.1, -0.05) is 36.4 Å². The summed E-state index contributed by atoms with van der Waals surface area (Å²) in [6.07, 6.45) is 2.89. The summed E-state index contributed by atoms with van der Waals surface area (Å²) in [5.41, 5.74) is 5.23. The first-order chi connectivity index (χ1) is 17.2. The number of hydrogen-bond donors (Lipinski definition) is 0. The van der Waals surface area contributed by atoms with Gasteiger partial charge in [-0.25, -0.2) is 9.97 Å². The zero-order valence-electron chi connectivity index (χ0n) is 19.9. The van der Waals surface area contributed by atoms with Crippen molar-refractivity contribution >= 4 is 28.1 Å². The molecule has 0 N–H and O–H groups in total. The van der Waals surface area contributed by atoms with Gasteiger partial charge < -0.3 is 14.4 Å². The highest BCUT2D eigenvalue weighted by molar-refractivity contribution is 7.09. The molecule has 5 rings (SSSR count). The summed E-state index contributed by atoms with van der Waals surface area (Å²) in [6, 6.07) is 19.6. The van der Waals surface area contributed by atoms with Crippen LogP contribution in [0.2, 0.25) is 0 Å². The van der Waals surface area contributed by atoms with Gasteiger partial charge in [0.25, 0.3) is 5.91 Å². The van der Waals surface area contributed by atoms with Crippen LogP contribution in [0.5, 0.6) is 5.75 Å². The van der Waals surface area contributed by atoms with Gasteiger partial charge in [-0.3, -0.25) is 4.79 Å². The summed E-state index contributed by atoms with van der Waals surface area (Å²) in [4.78, 5) is 25.6. The van der Waals surface area contributed by atoms with Crippen LogP contribution < -0.4 is 4.74 Å². The Labute approximate surface area is 209 Å². The molecule has 2 aromatic carbocycles. The van der Waals surface area contributed by atoms with Gasteiger partial charge in [-0.05, 0) is 49.6 Å². The number of carbonyl (C=O) groups is 1. The molecule has 0 radical (unpaired) electrons. The van der Waals surface area contributed by atoms with Crippen molar-refractivity contribution in [3.05, 3.63) is 88.0 Å². The largest absolute Gasteiger partial charge is 0.493 e. The molecule has 1 saturated heterocycles. The minimum Gasteiger partial charge on any atom is -0.493 e. The minimum atomic E-state index is -0.0850. The predicted octanol–water partition coefficient (Wildman–Crippen LogP) is 5.44. The SMILES string of the molecule is Cc1ncsc1CCOc1cccc(CN(CC2CCCO2)C(=O)c2ccc3ccccc3n2)c1. The zero-order valence-corrected chi connectivity index (χ0v) is 20.7. The number of aryl methyl sites for hydroxylation is 1. The average Bonchev–Trinajstić information content (AvgIpc) is 3.55. The van der Waals surface area contributed by atoms with Gasteiger partial charge in [0.2, 0.25) is 0 Å². The molecule has 0 aliphatic carbocycles. The fourth-order valence-corrected chi connectivity index (χ4v) is 5.14. The molecule has 1 unspecified atom stereocenters. The first-order valence-electron chi connectivity index (χ1n) is 12.0. The van der Waals surface area contributed by atoms with Crippen molar-refractivity contribution in [3.8, 4) is 5.75 Å². The highest BCUT2D eigenvalue weighted by Gasteiger charge is 2.24. The molecule has 0 spiro atoms. The number of fused-ring (bicyclic) bond motifs is 1. The minimum absolute atomic E-state index is 0.0569. The summed E-state index contributed by atoms with van der Waals surface area (Å²) in [5.74, 6) is 0.719. The van der Waals surface area contributed by atoms with Crippen molar-refractivity contribution in [2.24, 2.45) is 0 Å². The van der Waals surface area contributed by atoms with Crippen LogP contribution in [0, 0.1) is 6.92 Å². The molecular weight excluding hydrogens is 458 g/mol. The molecular formula is C28H29N3O3S. The fourth-order valence-electron chi connectivity index (χ4n) is 4.38. The second-order valence-electron chi connectivity index (χ2n) is 8.82. The van der Waals surface area contributed by atoms with Gasteiger partial charge in [0.1, 0.15) is 11.4 Å². The predicted molar refractivity (Wildman–Crippen MR) is 138 cm³/mol. The highest BCUT2D eigenvalue weighted by Crippen LogP contribution is 2.21. The summed E-state index contributed by atoms with van der Waals surface area (Å²) in [7, 11) is 0. The molecule has 6 nitrogen and oxygen atoms in total. The maximum Gasteiger partial charge on any atom is 0.272 e. The van der Waals surface area contributed by atoms with E-state index in [0.29, 0.717) is 25.4 Å². The third kappa shape index (κ3) is 5.86. The Kier molecular flexibility index (Phi) is 7.35. The van der Waals surface area contributed by atoms with Crippen molar-refractivity contribution in [1.82, 2.24) is 14.9 Å². The lowest BCUT2D eigenvalue weighted by molar-refractivity contribution is 0.0503. The van der Waals surface area contributed by atoms with Crippen LogP contribution in [0.15, 0.2) is 66.2 Å². The monoisotopic (exact) mass is 487 g/mol. The molecule has 4 aromatic rings. The van der Waals surface area contributed by atoms with Crippen LogP contribution in [0.1, 0.15) is 39.5 Å². The lowest BCUT2D eigenvalue weighted by Gasteiger charge is -2.25. The average molecular weight is 488 g/mol. The first-order valence-corrected chi connectivity index (χ1v) is 12.9. The van der Waals surface area contributed by atoms with E-state index in [2.05, 4.69) is 9.97 Å². The maximum atomic E-state index is 13.6. The number of amides is 1. The van der Waals surface area contributed by atoms with Crippen LogP contribution in [-0.4, -0.2) is 46.6 Å². The van der Waals surface area contributed by atoms with E-state index in [4.69, 9.17) is 9.47 Å². The first kappa shape index (κ1) is 23.5. The van der Waals surface area contributed by atoms with E-state index in [1.54, 1.807) is 11.3 Å². The molecule has 7 heteroatoms. The van der Waals surface area contributed by atoms with Crippen LogP contribution in [0.3, 0.4) is 0 Å². The lowest BCUT2D eigenvalue weighted by Crippen LogP contribution is -2.37. The number of para-hydroxylation sites is 1. The molecule has 1 fully saturated rings. The summed E-state index contributed by atoms with van der Waals surface area (Å²) < 4.78 is 11.9. The molecule has 35 heavy (non-hydrogen) atoms. The number of ether oxygens (including phenoxy) is 2. The van der Waals surface area contributed by atoms with Gasteiger partial charge in [0.15, 0.2) is 0 Å². The lowest BCUT2D eigenvalue weighted by atomic mass is 10.1. The summed E-state index contributed by atoms with van der Waals surface area (Å²) in [5, 5.41) is 1.02. The number of aromatic nitrogens is 2. The molecule has 2 aromatic heterocycles. The van der Waals surface area contributed by atoms with Crippen molar-refractivity contribution in [1.29, 1.82) is 0 Å². The highest BCUT2D eigenvalue weighted by atomic mass is 32.1. The normalized spacial score (nSPS) is 15.4. The van der Waals surface area contributed by atoms with E-state index in [0.717, 1.165) is 53.8 Å². The van der Waals surface area contributed by atoms with E-state index in [1.807, 2.05) is 78.0 Å². The third-order valence-electron chi connectivity index (χ3n) is 6.27. The van der Waals surface area contributed by atoms with Gasteiger partial charge in [0, 0.05) is 36.4 Å². The van der Waals surface area contributed by atoms with E-state index in [1.165, 1.54) is 4.88 Å². The molecule has 3 heterocycles. The second kappa shape index (κ2) is 11.0. The molecule has 1 aliphatic heterocycles. The number of hydrogen-bond acceptors (Lipinski definition) is 6. The smallest absolute Gasteiger partial charge is 0.272 e. The van der Waals surface area contributed by atoms with Gasteiger partial charge in [-0.2, -0.15) is 0 Å². The van der Waals surface area contributed by atoms with Crippen molar-refractivity contribution in [2.75, 3.05) is 19.8 Å². The van der Waals surface area contributed by atoms with E-state index < -0.39 is 0 Å². The quantitative estimate of drug-likeness (QED) is 0.314. The van der Waals surface area contributed by atoms with Gasteiger partial charge in [0.05, 0.1) is 29.4 Å². The maximum absolute atomic E-state index is 13.6. The summed E-state index contributed by atoms with van der Waals surface area (Å²) >= 11 is 1.66. The second-order valence-corrected chi connectivity index (χ2v) is 9.76.